The minimum atomic E-state index is 0.871. The minimum Gasteiger partial charge on any atom is -0.0620 e. The fraction of sp³-hybridized carbons (Fsp3) is 0.611. The summed E-state index contributed by atoms with van der Waals surface area (Å²) < 4.78 is 0. The molecule has 0 heteroatoms. The van der Waals surface area contributed by atoms with Crippen LogP contribution in [0.15, 0.2) is 24.3 Å². The quantitative estimate of drug-likeness (QED) is 0.654. The van der Waals surface area contributed by atoms with Gasteiger partial charge >= 0.3 is 0 Å². The van der Waals surface area contributed by atoms with E-state index in [4.69, 9.17) is 0 Å². The number of aryl methyl sites for hydroxylation is 1. The Kier molecular flexibility index (Phi) is 2.71. The maximum atomic E-state index is 2.41. The number of benzene rings is 1. The van der Waals surface area contributed by atoms with Gasteiger partial charge in [0.2, 0.25) is 0 Å². The maximum Gasteiger partial charge on any atom is -0.0122 e. The number of fused-ring (bicyclic) bond motifs is 3. The normalized spacial score (nSPS) is 35.4. The Bertz CT molecular complexity index is 433. The van der Waals surface area contributed by atoms with Crippen LogP contribution in [-0.4, -0.2) is 0 Å². The van der Waals surface area contributed by atoms with Gasteiger partial charge in [-0.15, -0.1) is 0 Å². The molecule has 0 N–H and O–H groups in total. The topological polar surface area (TPSA) is 0 Å². The highest BCUT2D eigenvalue weighted by Crippen LogP contribution is 2.52. The van der Waals surface area contributed by atoms with Gasteiger partial charge in [-0.05, 0) is 66.9 Å². The highest BCUT2D eigenvalue weighted by molar-refractivity contribution is 5.36. The number of hydrogen-bond acceptors (Lipinski definition) is 0. The second-order valence-electron chi connectivity index (χ2n) is 6.65. The lowest BCUT2D eigenvalue weighted by Crippen LogP contribution is -2.30. The van der Waals surface area contributed by atoms with Crippen LogP contribution in [0.4, 0.5) is 0 Å². The van der Waals surface area contributed by atoms with E-state index in [9.17, 15) is 0 Å². The molecule has 2 bridgehead atoms. The van der Waals surface area contributed by atoms with Gasteiger partial charge in [-0.3, -0.25) is 0 Å². The summed E-state index contributed by atoms with van der Waals surface area (Å²) in [5.74, 6) is 4.81. The molecule has 95 valence electrons. The lowest BCUT2D eigenvalue weighted by atomic mass is 9.62. The van der Waals surface area contributed by atoms with Gasteiger partial charge < -0.3 is 0 Å². The molecule has 3 aliphatic carbocycles. The first-order valence-corrected chi connectivity index (χ1v) is 7.84. The zero-order valence-electron chi connectivity index (χ0n) is 11.2. The fourth-order valence-corrected chi connectivity index (χ4v) is 4.89. The van der Waals surface area contributed by atoms with E-state index in [1.54, 1.807) is 11.1 Å². The Morgan fingerprint density at radius 1 is 0.833 bits per heavy atom. The van der Waals surface area contributed by atoms with E-state index in [-0.39, 0.29) is 0 Å². The zero-order valence-corrected chi connectivity index (χ0v) is 11.2. The van der Waals surface area contributed by atoms with Crippen molar-refractivity contribution in [3.05, 3.63) is 41.3 Å². The second-order valence-corrected chi connectivity index (χ2v) is 6.65. The first kappa shape index (κ1) is 11.1. The van der Waals surface area contributed by atoms with Crippen LogP contribution in [-0.2, 0) is 6.42 Å². The predicted molar refractivity (Wildman–Crippen MR) is 75.4 cm³/mol. The minimum absolute atomic E-state index is 0.871. The smallest absolute Gasteiger partial charge is 0.0122 e. The van der Waals surface area contributed by atoms with Crippen molar-refractivity contribution in [3.8, 4) is 0 Å². The van der Waals surface area contributed by atoms with Crippen LogP contribution in [0.3, 0.4) is 0 Å². The van der Waals surface area contributed by atoms with Crippen LogP contribution in [0.2, 0.25) is 0 Å². The molecule has 3 aliphatic rings. The van der Waals surface area contributed by atoms with Gasteiger partial charge in [-0.25, -0.2) is 0 Å². The van der Waals surface area contributed by atoms with Crippen LogP contribution < -0.4 is 0 Å². The Hall–Kier alpha value is -0.780. The molecule has 4 rings (SSSR count). The van der Waals surface area contributed by atoms with Crippen molar-refractivity contribution in [2.24, 2.45) is 11.8 Å². The van der Waals surface area contributed by atoms with Crippen molar-refractivity contribution in [1.82, 2.24) is 0 Å². The highest BCUT2D eigenvalue weighted by Gasteiger charge is 2.40. The molecule has 2 saturated carbocycles. The molecule has 1 aromatic carbocycles. The summed E-state index contributed by atoms with van der Waals surface area (Å²) in [4.78, 5) is 0. The Morgan fingerprint density at radius 3 is 2.78 bits per heavy atom. The Labute approximate surface area is 111 Å². The van der Waals surface area contributed by atoms with Crippen LogP contribution in [0.25, 0.3) is 0 Å². The third-order valence-electron chi connectivity index (χ3n) is 5.74. The molecule has 1 aromatic rings. The van der Waals surface area contributed by atoms with Gasteiger partial charge in [0.15, 0.2) is 0 Å². The van der Waals surface area contributed by atoms with Crippen LogP contribution in [0, 0.1) is 17.8 Å². The maximum absolute atomic E-state index is 2.41. The monoisotopic (exact) mass is 239 g/mol. The SMILES string of the molecule is c1ccc2c(c1)CCC2C1CCC2CCC[C]1C2. The second kappa shape index (κ2) is 4.40. The van der Waals surface area contributed by atoms with E-state index < -0.39 is 0 Å². The summed E-state index contributed by atoms with van der Waals surface area (Å²) >= 11 is 0. The van der Waals surface area contributed by atoms with E-state index in [1.807, 2.05) is 5.92 Å². The van der Waals surface area contributed by atoms with E-state index >= 15 is 0 Å². The van der Waals surface area contributed by atoms with Crippen LogP contribution >= 0.6 is 0 Å². The van der Waals surface area contributed by atoms with Gasteiger partial charge in [-0.1, -0.05) is 43.5 Å². The summed E-state index contributed by atoms with van der Waals surface area (Å²) in [6.45, 7) is 0. The summed E-state index contributed by atoms with van der Waals surface area (Å²) in [6, 6.07) is 9.22. The van der Waals surface area contributed by atoms with Gasteiger partial charge in [0.05, 0.1) is 0 Å². The largest absolute Gasteiger partial charge is 0.0620 e. The molecule has 0 spiro atoms. The molecule has 2 fully saturated rings. The van der Waals surface area contributed by atoms with Crippen molar-refractivity contribution in [2.45, 2.75) is 57.3 Å². The number of rotatable bonds is 1. The molecular formula is C18H23. The van der Waals surface area contributed by atoms with E-state index in [2.05, 4.69) is 24.3 Å². The lowest BCUT2D eigenvalue weighted by Gasteiger charge is -2.42. The summed E-state index contributed by atoms with van der Waals surface area (Å²) in [5, 5.41) is 0. The average Bonchev–Trinajstić information content (AvgIpc) is 2.83. The molecule has 0 amide bonds. The van der Waals surface area contributed by atoms with Crippen LogP contribution in [0.1, 0.15) is 62.0 Å². The van der Waals surface area contributed by atoms with Gasteiger partial charge in [0, 0.05) is 0 Å². The van der Waals surface area contributed by atoms with Crippen molar-refractivity contribution in [3.63, 3.8) is 0 Å². The van der Waals surface area contributed by atoms with Gasteiger partial charge in [-0.2, -0.15) is 0 Å². The number of hydrogen-bond donors (Lipinski definition) is 0. The third kappa shape index (κ3) is 1.73. The standard InChI is InChI=1S/C18H23/c1-2-7-16-14(5-1)9-11-18(16)17-10-8-13-4-3-6-15(17)12-13/h1-2,5,7,13,17-18H,3-4,6,8-12H2. The van der Waals surface area contributed by atoms with Crippen molar-refractivity contribution < 1.29 is 0 Å². The molecule has 0 aliphatic heterocycles. The van der Waals surface area contributed by atoms with Crippen LogP contribution in [0.5, 0.6) is 0 Å². The molecule has 0 saturated heterocycles. The predicted octanol–water partition coefficient (Wildman–Crippen LogP) is 4.89. The van der Waals surface area contributed by atoms with E-state index in [1.165, 1.54) is 51.4 Å². The zero-order chi connectivity index (χ0) is 11.9. The van der Waals surface area contributed by atoms with Crippen molar-refractivity contribution in [1.29, 1.82) is 0 Å². The average molecular weight is 239 g/mol. The fourth-order valence-electron chi connectivity index (χ4n) is 4.89. The molecule has 3 unspecified atom stereocenters. The van der Waals surface area contributed by atoms with Gasteiger partial charge in [0.1, 0.15) is 0 Å². The van der Waals surface area contributed by atoms with Crippen molar-refractivity contribution >= 4 is 0 Å². The first-order chi connectivity index (χ1) is 8.92. The summed E-state index contributed by atoms with van der Waals surface area (Å²) in [5.41, 5.74) is 3.33. The summed E-state index contributed by atoms with van der Waals surface area (Å²) in [6.07, 6.45) is 11.6. The molecule has 0 aromatic heterocycles. The third-order valence-corrected chi connectivity index (χ3v) is 5.74. The van der Waals surface area contributed by atoms with E-state index in [0.29, 0.717) is 0 Å². The molecule has 0 nitrogen and oxygen atoms in total. The molecule has 0 heterocycles. The summed E-state index contributed by atoms with van der Waals surface area (Å²) in [7, 11) is 0. The molecular weight excluding hydrogens is 216 g/mol. The first-order valence-electron chi connectivity index (χ1n) is 7.84. The Balaban J connectivity index is 1.61. The Morgan fingerprint density at radius 2 is 1.78 bits per heavy atom. The molecule has 1 radical (unpaired) electrons. The van der Waals surface area contributed by atoms with E-state index in [0.717, 1.165) is 17.8 Å². The van der Waals surface area contributed by atoms with Gasteiger partial charge in [0.25, 0.3) is 0 Å². The molecule has 3 atom stereocenters. The highest BCUT2D eigenvalue weighted by atomic mass is 14.4. The molecule has 18 heavy (non-hydrogen) atoms. The lowest BCUT2D eigenvalue weighted by molar-refractivity contribution is 0.214. The van der Waals surface area contributed by atoms with Crippen molar-refractivity contribution in [2.75, 3.05) is 0 Å².